The average Bonchev–Trinajstić information content (AvgIpc) is 3.35. The van der Waals surface area contributed by atoms with Crippen molar-refractivity contribution in [1.82, 2.24) is 15.0 Å². The average molecular weight is 468 g/mol. The van der Waals surface area contributed by atoms with E-state index in [2.05, 4.69) is 5.16 Å². The molecule has 0 radical (unpaired) electrons. The molecular formula is C25H29N3O6. The first-order valence-electron chi connectivity index (χ1n) is 11.1. The van der Waals surface area contributed by atoms with Crippen LogP contribution in [0.2, 0.25) is 0 Å². The lowest BCUT2D eigenvalue weighted by Crippen LogP contribution is -2.39. The smallest absolute Gasteiger partial charge is 0.290 e. The van der Waals surface area contributed by atoms with E-state index in [0.29, 0.717) is 18.8 Å². The van der Waals surface area contributed by atoms with Gasteiger partial charge in [0.2, 0.25) is 5.91 Å². The van der Waals surface area contributed by atoms with Crippen LogP contribution in [0, 0.1) is 20.8 Å². The van der Waals surface area contributed by atoms with E-state index in [0.717, 1.165) is 28.1 Å². The van der Waals surface area contributed by atoms with Crippen molar-refractivity contribution >= 4 is 11.8 Å². The lowest BCUT2D eigenvalue weighted by molar-refractivity contribution is -0.132. The van der Waals surface area contributed by atoms with Crippen LogP contribution in [-0.4, -0.2) is 59.6 Å². The van der Waals surface area contributed by atoms with Gasteiger partial charge >= 0.3 is 0 Å². The van der Waals surface area contributed by atoms with Gasteiger partial charge in [0.1, 0.15) is 18.1 Å². The van der Waals surface area contributed by atoms with Crippen LogP contribution in [0.3, 0.4) is 0 Å². The zero-order chi connectivity index (χ0) is 24.2. The third kappa shape index (κ3) is 5.14. The maximum absolute atomic E-state index is 13.2. The van der Waals surface area contributed by atoms with Crippen LogP contribution in [0.1, 0.15) is 38.7 Å². The summed E-state index contributed by atoms with van der Waals surface area (Å²) in [5.41, 5.74) is 3.28. The first-order chi connectivity index (χ1) is 16.4. The highest BCUT2D eigenvalue weighted by Crippen LogP contribution is 2.21. The Morgan fingerprint density at radius 1 is 1.21 bits per heavy atom. The van der Waals surface area contributed by atoms with Gasteiger partial charge in [-0.25, -0.2) is 0 Å². The molecule has 0 unspecified atom stereocenters. The number of ether oxygens (including phenoxy) is 2. The summed E-state index contributed by atoms with van der Waals surface area (Å²) in [6.07, 6.45) is 1.06. The number of hydrogen-bond donors (Lipinski definition) is 0. The highest BCUT2D eigenvalue weighted by atomic mass is 16.5. The summed E-state index contributed by atoms with van der Waals surface area (Å²) in [5, 5.41) is 3.98. The van der Waals surface area contributed by atoms with Crippen LogP contribution >= 0.6 is 0 Å². The van der Waals surface area contributed by atoms with Crippen LogP contribution in [0.5, 0.6) is 5.75 Å². The number of aryl methyl sites for hydroxylation is 3. The number of benzene rings is 1. The topological polar surface area (TPSA) is 98.2 Å². The Kier molecular flexibility index (Phi) is 7.02. The van der Waals surface area contributed by atoms with Gasteiger partial charge in [-0.3, -0.25) is 9.59 Å². The maximum atomic E-state index is 13.2. The molecule has 2 amide bonds. The molecule has 0 spiro atoms. The Bertz CT molecular complexity index is 1150. The van der Waals surface area contributed by atoms with E-state index in [1.807, 2.05) is 38.1 Å². The molecular weight excluding hydrogens is 438 g/mol. The molecule has 1 fully saturated rings. The molecule has 0 N–H and O–H groups in total. The lowest BCUT2D eigenvalue weighted by Gasteiger charge is -2.25. The second kappa shape index (κ2) is 10.1. The minimum absolute atomic E-state index is 0.0614. The molecule has 180 valence electrons. The number of methoxy groups -OCH3 is 1. The quantitative estimate of drug-likeness (QED) is 0.526. The fourth-order valence-corrected chi connectivity index (χ4v) is 4.03. The SMILES string of the molecule is COc1cccc(CN2C[C@H](OCc3c(C)noc3C)CN(C(=O)c3occc3C)CC2=O)c1. The normalized spacial score (nSPS) is 16.6. The second-order valence-electron chi connectivity index (χ2n) is 8.48. The van der Waals surface area contributed by atoms with Crippen LogP contribution in [-0.2, 0) is 22.7 Å². The van der Waals surface area contributed by atoms with E-state index in [9.17, 15) is 9.59 Å². The minimum atomic E-state index is -0.412. The van der Waals surface area contributed by atoms with E-state index >= 15 is 0 Å². The van der Waals surface area contributed by atoms with Crippen molar-refractivity contribution in [2.75, 3.05) is 26.7 Å². The monoisotopic (exact) mass is 467 g/mol. The summed E-state index contributed by atoms with van der Waals surface area (Å²) < 4.78 is 22.2. The molecule has 1 aliphatic rings. The van der Waals surface area contributed by atoms with Gasteiger partial charge in [0.15, 0.2) is 5.76 Å². The summed E-state index contributed by atoms with van der Waals surface area (Å²) in [4.78, 5) is 29.6. The summed E-state index contributed by atoms with van der Waals surface area (Å²) in [6.45, 7) is 6.67. The number of hydrogen-bond acceptors (Lipinski definition) is 7. The Morgan fingerprint density at radius 3 is 2.71 bits per heavy atom. The Morgan fingerprint density at radius 2 is 2.03 bits per heavy atom. The number of carbonyl (C=O) groups is 2. The zero-order valence-electron chi connectivity index (χ0n) is 19.9. The van der Waals surface area contributed by atoms with Gasteiger partial charge in [-0.1, -0.05) is 17.3 Å². The molecule has 9 nitrogen and oxygen atoms in total. The van der Waals surface area contributed by atoms with Gasteiger partial charge in [-0.2, -0.15) is 0 Å². The van der Waals surface area contributed by atoms with Crippen molar-refractivity contribution in [3.8, 4) is 5.75 Å². The van der Waals surface area contributed by atoms with Gasteiger partial charge in [0.05, 0.1) is 31.8 Å². The van der Waals surface area contributed by atoms with Crippen LogP contribution in [0.4, 0.5) is 0 Å². The van der Waals surface area contributed by atoms with Gasteiger partial charge in [-0.15, -0.1) is 0 Å². The number of amides is 2. The number of carbonyl (C=O) groups excluding carboxylic acids is 2. The largest absolute Gasteiger partial charge is 0.497 e. The zero-order valence-corrected chi connectivity index (χ0v) is 19.9. The fourth-order valence-electron chi connectivity index (χ4n) is 4.03. The van der Waals surface area contributed by atoms with Gasteiger partial charge in [0.25, 0.3) is 5.91 Å². The number of nitrogens with zero attached hydrogens (tertiary/aromatic N) is 3. The predicted octanol–water partition coefficient (Wildman–Crippen LogP) is 3.27. The molecule has 34 heavy (non-hydrogen) atoms. The van der Waals surface area contributed by atoms with Crippen molar-refractivity contribution < 1.29 is 28.0 Å². The first kappa shape index (κ1) is 23.6. The Balaban J connectivity index is 1.56. The number of aromatic nitrogens is 1. The van der Waals surface area contributed by atoms with E-state index in [1.165, 1.54) is 11.2 Å². The second-order valence-corrected chi connectivity index (χ2v) is 8.48. The molecule has 4 rings (SSSR count). The van der Waals surface area contributed by atoms with Gasteiger partial charge < -0.3 is 28.2 Å². The highest BCUT2D eigenvalue weighted by Gasteiger charge is 2.33. The molecule has 1 saturated heterocycles. The van der Waals surface area contributed by atoms with Crippen molar-refractivity contribution in [3.63, 3.8) is 0 Å². The molecule has 1 aliphatic heterocycles. The van der Waals surface area contributed by atoms with Gasteiger partial charge in [0, 0.05) is 30.8 Å². The van der Waals surface area contributed by atoms with E-state index in [1.54, 1.807) is 25.0 Å². The van der Waals surface area contributed by atoms with Crippen molar-refractivity contribution in [1.29, 1.82) is 0 Å². The van der Waals surface area contributed by atoms with Crippen molar-refractivity contribution in [2.45, 2.75) is 40.0 Å². The van der Waals surface area contributed by atoms with Crippen LogP contribution < -0.4 is 4.74 Å². The fraction of sp³-hybridized carbons (Fsp3) is 0.400. The molecule has 1 atom stereocenters. The number of furan rings is 1. The maximum Gasteiger partial charge on any atom is 0.290 e. The van der Waals surface area contributed by atoms with Crippen LogP contribution in [0.15, 0.2) is 45.5 Å². The summed E-state index contributed by atoms with van der Waals surface area (Å²) >= 11 is 0. The predicted molar refractivity (Wildman–Crippen MR) is 122 cm³/mol. The summed E-state index contributed by atoms with van der Waals surface area (Å²) in [5.74, 6) is 1.15. The minimum Gasteiger partial charge on any atom is -0.497 e. The third-order valence-corrected chi connectivity index (χ3v) is 6.02. The van der Waals surface area contributed by atoms with Crippen LogP contribution in [0.25, 0.3) is 0 Å². The summed E-state index contributed by atoms with van der Waals surface area (Å²) in [6, 6.07) is 9.31. The van der Waals surface area contributed by atoms with E-state index < -0.39 is 6.10 Å². The molecule has 0 bridgehead atoms. The van der Waals surface area contributed by atoms with E-state index in [-0.39, 0.29) is 37.3 Å². The Hall–Kier alpha value is -3.59. The van der Waals surface area contributed by atoms with Gasteiger partial charge in [-0.05, 0) is 44.5 Å². The van der Waals surface area contributed by atoms with Crippen molar-refractivity contribution in [2.24, 2.45) is 0 Å². The summed E-state index contributed by atoms with van der Waals surface area (Å²) in [7, 11) is 1.61. The van der Waals surface area contributed by atoms with E-state index in [4.69, 9.17) is 18.4 Å². The molecule has 0 saturated carbocycles. The molecule has 1 aromatic carbocycles. The molecule has 3 heterocycles. The molecule has 9 heteroatoms. The van der Waals surface area contributed by atoms with Crippen molar-refractivity contribution in [3.05, 3.63) is 70.5 Å². The third-order valence-electron chi connectivity index (χ3n) is 6.02. The highest BCUT2D eigenvalue weighted by molar-refractivity contribution is 5.95. The molecule has 0 aliphatic carbocycles. The Labute approximate surface area is 198 Å². The molecule has 2 aromatic heterocycles. The lowest BCUT2D eigenvalue weighted by atomic mass is 10.2. The molecule has 3 aromatic rings. The first-order valence-corrected chi connectivity index (χ1v) is 11.1. The number of rotatable bonds is 7. The standard InChI is InChI=1S/C25H29N3O6/c1-16-8-9-32-24(16)25(30)28-13-21(33-15-22-17(2)26-34-18(22)3)12-27(23(29)14-28)11-19-6-5-7-20(10-19)31-4/h5-10,21H,11-15H2,1-4H3/t21-/m0/s1.